The van der Waals surface area contributed by atoms with E-state index < -0.39 is 23.4 Å². The van der Waals surface area contributed by atoms with Crippen molar-refractivity contribution in [1.82, 2.24) is 9.03 Å². The molecule has 2 aromatic carbocycles. The lowest BCUT2D eigenvalue weighted by Crippen LogP contribution is -2.30. The summed E-state index contributed by atoms with van der Waals surface area (Å²) in [6, 6.07) is 11.0. The molecule has 35 heavy (non-hydrogen) atoms. The number of hydrogen-bond donors (Lipinski definition) is 2. The zero-order valence-electron chi connectivity index (χ0n) is 21.1. The number of nitrogens with zero attached hydrogens (tertiary/aromatic N) is 1. The first-order valence-electron chi connectivity index (χ1n) is 10.8. The van der Waals surface area contributed by atoms with Gasteiger partial charge in [-0.1, -0.05) is 64.4 Å². The first-order chi connectivity index (χ1) is 16.5. The topological polar surface area (TPSA) is 70.7 Å². The predicted octanol–water partition coefficient (Wildman–Crippen LogP) is 6.81. The maximum atomic E-state index is 12.5. The van der Waals surface area contributed by atoms with Crippen LogP contribution in [0.5, 0.6) is 5.75 Å². The number of hydrogen-bond acceptors (Lipinski definition) is 3. The normalized spacial score (nSPS) is 10.4. The number of alkyl halides is 3. The summed E-state index contributed by atoms with van der Waals surface area (Å²) in [6.45, 7) is 10.9. The minimum Gasteiger partial charge on any atom is -0.406 e. The molecule has 1 atom stereocenters. The Bertz CT molecular complexity index is 801. The first-order valence-corrected chi connectivity index (χ1v) is 12.3. The van der Waals surface area contributed by atoms with E-state index in [2.05, 4.69) is 21.7 Å². The van der Waals surface area contributed by atoms with Gasteiger partial charge in [-0.2, -0.15) is 0 Å². The van der Waals surface area contributed by atoms with E-state index in [0.29, 0.717) is 12.1 Å². The quantitative estimate of drug-likeness (QED) is 0.296. The van der Waals surface area contributed by atoms with Crippen LogP contribution in [0.15, 0.2) is 48.5 Å². The Morgan fingerprint density at radius 1 is 1.09 bits per heavy atom. The highest BCUT2D eigenvalue weighted by atomic mass is 35.5. The van der Waals surface area contributed by atoms with Gasteiger partial charge in [0.15, 0.2) is 11.2 Å². The van der Waals surface area contributed by atoms with Gasteiger partial charge < -0.3 is 10.1 Å². The molecule has 202 valence electrons. The highest BCUT2D eigenvalue weighted by Gasteiger charge is 2.30. The van der Waals surface area contributed by atoms with Gasteiger partial charge in [-0.15, -0.1) is 13.2 Å². The fourth-order valence-electron chi connectivity index (χ4n) is 1.83. The molecule has 0 heterocycles. The van der Waals surface area contributed by atoms with Crippen LogP contribution in [-0.2, 0) is 16.0 Å². The maximum absolute atomic E-state index is 12.5. The third kappa shape index (κ3) is 22.0. The first kappa shape index (κ1) is 37.3. The number of carbonyl (C=O) groups is 1. The molecule has 0 fully saturated rings. The molecule has 2 N–H and O–H groups in total. The van der Waals surface area contributed by atoms with Crippen LogP contribution in [0, 0.1) is 5.82 Å². The van der Waals surface area contributed by atoms with Gasteiger partial charge in [-0.05, 0) is 43.8 Å². The van der Waals surface area contributed by atoms with Crippen LogP contribution in [0.1, 0.15) is 41.0 Å². The third-order valence-electron chi connectivity index (χ3n) is 3.12. The van der Waals surface area contributed by atoms with E-state index in [9.17, 15) is 26.6 Å². The summed E-state index contributed by atoms with van der Waals surface area (Å²) in [7, 11) is 3.51. The Morgan fingerprint density at radius 3 is 2.03 bits per heavy atom. The van der Waals surface area contributed by atoms with E-state index in [1.807, 2.05) is 34.7 Å². The van der Waals surface area contributed by atoms with Crippen molar-refractivity contribution >= 4 is 34.9 Å². The standard InChI is InChI=1S/C7H5ClFNO.C7H5F3O.C5H14N2OS.2C2H6/c8-6-3-5(10-4-11)1-2-7(6)9;8-7(9,10)11-6-4-2-1-3-5-6;1-4-5-7(3)9(8)6-2;2*1-2/h1-4H,(H,10,11);1-5H;6H,4-5H2,1-3H3;2*1-2H3. The molecule has 1 amide bonds. The predicted molar refractivity (Wildman–Crippen MR) is 137 cm³/mol. The summed E-state index contributed by atoms with van der Waals surface area (Å²) in [4.78, 5) is 9.92. The minimum atomic E-state index is -4.60. The molecule has 0 radical (unpaired) electrons. The molecule has 0 spiro atoms. The van der Waals surface area contributed by atoms with Crippen LogP contribution in [0.2, 0.25) is 5.02 Å². The summed E-state index contributed by atoms with van der Waals surface area (Å²) >= 11 is 4.43. The number of para-hydroxylation sites is 1. The van der Waals surface area contributed by atoms with Crippen molar-refractivity contribution in [3.05, 3.63) is 59.4 Å². The van der Waals surface area contributed by atoms with E-state index in [0.717, 1.165) is 13.0 Å². The Hall–Kier alpha value is -2.21. The molecule has 2 rings (SSSR count). The summed E-state index contributed by atoms with van der Waals surface area (Å²) in [5, 5.41) is 2.34. The molecule has 0 aliphatic rings. The van der Waals surface area contributed by atoms with Crippen LogP contribution in [0.3, 0.4) is 0 Å². The summed E-state index contributed by atoms with van der Waals surface area (Å²) in [5.74, 6) is -0.692. The summed E-state index contributed by atoms with van der Waals surface area (Å²) in [5.41, 5.74) is 0.478. The lowest BCUT2D eigenvalue weighted by atomic mass is 10.3. The van der Waals surface area contributed by atoms with E-state index in [1.165, 1.54) is 42.5 Å². The second kappa shape index (κ2) is 23.5. The zero-order valence-corrected chi connectivity index (χ0v) is 22.7. The number of amides is 1. The average Bonchev–Trinajstić information content (AvgIpc) is 2.84. The van der Waals surface area contributed by atoms with Gasteiger partial charge in [0.05, 0.1) is 5.02 Å². The molecular weight excluding hydrogens is 510 g/mol. The largest absolute Gasteiger partial charge is 0.573 e. The van der Waals surface area contributed by atoms with Crippen LogP contribution in [0.4, 0.5) is 23.2 Å². The SMILES string of the molecule is CC.CC.CCCN(C)S(=O)NC.FC(F)(F)Oc1ccccc1.O=CNc1ccc(F)c(Cl)c1. The molecule has 1 unspecified atom stereocenters. The number of benzene rings is 2. The maximum Gasteiger partial charge on any atom is 0.573 e. The molecule has 0 bridgehead atoms. The van der Waals surface area contributed by atoms with Crippen molar-refractivity contribution in [1.29, 1.82) is 0 Å². The van der Waals surface area contributed by atoms with Crippen LogP contribution >= 0.6 is 11.6 Å². The monoisotopic (exact) mass is 545 g/mol. The number of ether oxygens (including phenoxy) is 1. The third-order valence-corrected chi connectivity index (χ3v) is 4.51. The van der Waals surface area contributed by atoms with Gasteiger partial charge >= 0.3 is 6.36 Å². The van der Waals surface area contributed by atoms with Gasteiger partial charge in [-0.25, -0.2) is 17.6 Å². The van der Waals surface area contributed by atoms with Crippen molar-refractivity contribution in [2.75, 3.05) is 26.0 Å². The van der Waals surface area contributed by atoms with Crippen molar-refractivity contribution in [2.45, 2.75) is 47.4 Å². The molecule has 0 aliphatic carbocycles. The van der Waals surface area contributed by atoms with E-state index >= 15 is 0 Å². The second-order valence-electron chi connectivity index (χ2n) is 5.56. The van der Waals surface area contributed by atoms with E-state index in [-0.39, 0.29) is 10.8 Å². The molecule has 2 aromatic rings. The zero-order chi connectivity index (χ0) is 27.9. The van der Waals surface area contributed by atoms with E-state index in [4.69, 9.17) is 11.6 Å². The van der Waals surface area contributed by atoms with E-state index in [1.54, 1.807) is 17.4 Å². The molecular formula is C23H36ClF4N3O3S. The number of carbonyl (C=O) groups excluding carboxylic acids is 1. The van der Waals surface area contributed by atoms with Crippen LogP contribution in [-0.4, -0.2) is 41.9 Å². The van der Waals surface area contributed by atoms with Crippen molar-refractivity contribution in [3.8, 4) is 5.75 Å². The molecule has 0 aromatic heterocycles. The van der Waals surface area contributed by atoms with Gasteiger partial charge in [0, 0.05) is 19.3 Å². The second-order valence-corrected chi connectivity index (χ2v) is 7.49. The fourth-order valence-corrected chi connectivity index (χ4v) is 2.67. The number of halogens is 5. The molecule has 0 saturated heterocycles. The highest BCUT2D eigenvalue weighted by molar-refractivity contribution is 7.80. The van der Waals surface area contributed by atoms with Crippen molar-refractivity contribution in [3.63, 3.8) is 0 Å². The fraction of sp³-hybridized carbons (Fsp3) is 0.435. The van der Waals surface area contributed by atoms with Gasteiger partial charge in [0.1, 0.15) is 11.6 Å². The highest BCUT2D eigenvalue weighted by Crippen LogP contribution is 2.21. The number of anilines is 1. The van der Waals surface area contributed by atoms with Crippen molar-refractivity contribution < 1.29 is 31.3 Å². The Morgan fingerprint density at radius 2 is 1.63 bits per heavy atom. The Kier molecular flexibility index (Phi) is 25.1. The Balaban J connectivity index is -0.000000411. The number of rotatable bonds is 7. The molecule has 0 saturated carbocycles. The number of nitrogens with one attached hydrogen (secondary N) is 2. The van der Waals surface area contributed by atoms with Gasteiger partial charge in [0.25, 0.3) is 0 Å². The summed E-state index contributed by atoms with van der Waals surface area (Å²) < 4.78 is 65.9. The van der Waals surface area contributed by atoms with Gasteiger partial charge in [0.2, 0.25) is 6.41 Å². The lowest BCUT2D eigenvalue weighted by molar-refractivity contribution is -0.274. The van der Waals surface area contributed by atoms with Gasteiger partial charge in [-0.3, -0.25) is 4.79 Å². The van der Waals surface area contributed by atoms with Crippen LogP contribution < -0.4 is 14.8 Å². The molecule has 0 aliphatic heterocycles. The smallest absolute Gasteiger partial charge is 0.406 e. The summed E-state index contributed by atoms with van der Waals surface area (Å²) in [6.07, 6.45) is -3.06. The van der Waals surface area contributed by atoms with Crippen LogP contribution in [0.25, 0.3) is 0 Å². The average molecular weight is 546 g/mol. The van der Waals surface area contributed by atoms with Crippen molar-refractivity contribution in [2.24, 2.45) is 0 Å². The Labute approximate surface area is 213 Å². The molecule has 12 heteroatoms. The molecule has 6 nitrogen and oxygen atoms in total. The minimum absolute atomic E-state index is 0.00292. The lowest BCUT2D eigenvalue weighted by Gasteiger charge is -2.11.